The summed E-state index contributed by atoms with van der Waals surface area (Å²) in [6, 6.07) is 2.88. The summed E-state index contributed by atoms with van der Waals surface area (Å²) in [7, 11) is 0. The molecule has 0 spiro atoms. The minimum atomic E-state index is -4.64. The third-order valence-electron chi connectivity index (χ3n) is 5.32. The van der Waals surface area contributed by atoms with Crippen molar-refractivity contribution >= 4 is 22.3 Å². The van der Waals surface area contributed by atoms with Crippen LogP contribution in [0.5, 0.6) is 0 Å². The zero-order chi connectivity index (χ0) is 25.1. The number of imidazole rings is 1. The molecule has 0 aliphatic heterocycles. The number of nitrogens with zero attached hydrogens (tertiary/aromatic N) is 4. The zero-order valence-electron chi connectivity index (χ0n) is 17.2. The summed E-state index contributed by atoms with van der Waals surface area (Å²) in [4.78, 5) is 35.7. The highest BCUT2D eigenvalue weighted by molar-refractivity contribution is 6.16. The maximum atomic E-state index is 14.1. The first-order valence-electron chi connectivity index (χ1n) is 9.83. The molecular weight excluding hydrogens is 480 g/mol. The molecule has 0 radical (unpaired) electrons. The van der Waals surface area contributed by atoms with Crippen molar-refractivity contribution in [2.24, 2.45) is 0 Å². The Morgan fingerprint density at radius 2 is 1.80 bits per heavy atom. The summed E-state index contributed by atoms with van der Waals surface area (Å²) in [6.07, 6.45) is 0.130. The summed E-state index contributed by atoms with van der Waals surface area (Å²) in [5.41, 5.74) is -2.71. The second-order valence-electron chi connectivity index (χ2n) is 7.58. The van der Waals surface area contributed by atoms with Gasteiger partial charge < -0.3 is 9.55 Å². The molecule has 178 valence electrons. The van der Waals surface area contributed by atoms with Crippen LogP contribution in [-0.2, 0) is 12.7 Å². The molecule has 5 aromatic rings. The Morgan fingerprint density at radius 3 is 2.49 bits per heavy atom. The number of aromatic nitrogens is 5. The van der Waals surface area contributed by atoms with Crippen molar-refractivity contribution in [2.45, 2.75) is 12.7 Å². The monoisotopic (exact) mass is 491 g/mol. The maximum absolute atomic E-state index is 14.1. The van der Waals surface area contributed by atoms with Gasteiger partial charge in [0.2, 0.25) is 5.78 Å². The lowest BCUT2D eigenvalue weighted by Crippen LogP contribution is -2.20. The molecule has 35 heavy (non-hydrogen) atoms. The fourth-order valence-electron chi connectivity index (χ4n) is 3.72. The molecule has 0 aliphatic rings. The number of pyridine rings is 1. The predicted molar refractivity (Wildman–Crippen MR) is 109 cm³/mol. The Balaban J connectivity index is 1.50. The van der Waals surface area contributed by atoms with E-state index >= 15 is 0 Å². The Kier molecular flexibility index (Phi) is 5.00. The van der Waals surface area contributed by atoms with Crippen molar-refractivity contribution in [1.82, 2.24) is 23.9 Å². The average Bonchev–Trinajstić information content (AvgIpc) is 3.37. The topological polar surface area (TPSA) is 85.0 Å². The number of H-pyrrole nitrogens is 1. The third-order valence-corrected chi connectivity index (χ3v) is 5.32. The number of halogens is 6. The van der Waals surface area contributed by atoms with Gasteiger partial charge in [-0.2, -0.15) is 13.2 Å². The molecule has 1 aromatic carbocycles. The van der Waals surface area contributed by atoms with Crippen LogP contribution < -0.4 is 5.56 Å². The number of ketones is 1. The molecule has 7 nitrogen and oxygen atoms in total. The lowest BCUT2D eigenvalue weighted by atomic mass is 10.0. The second kappa shape index (κ2) is 7.82. The van der Waals surface area contributed by atoms with Crippen LogP contribution in [0.1, 0.15) is 27.3 Å². The number of alkyl halides is 3. The molecule has 0 amide bonds. The van der Waals surface area contributed by atoms with E-state index in [2.05, 4.69) is 15.0 Å². The Morgan fingerprint density at radius 1 is 1.09 bits per heavy atom. The highest BCUT2D eigenvalue weighted by atomic mass is 19.4. The predicted octanol–water partition coefficient (Wildman–Crippen LogP) is 4.09. The van der Waals surface area contributed by atoms with Crippen molar-refractivity contribution in [3.63, 3.8) is 0 Å². The van der Waals surface area contributed by atoms with Crippen LogP contribution in [0, 0.1) is 17.5 Å². The number of rotatable bonds is 4. The zero-order valence-corrected chi connectivity index (χ0v) is 17.2. The van der Waals surface area contributed by atoms with Crippen LogP contribution in [-0.4, -0.2) is 29.7 Å². The van der Waals surface area contributed by atoms with Crippen LogP contribution in [0.2, 0.25) is 0 Å². The van der Waals surface area contributed by atoms with Gasteiger partial charge >= 0.3 is 6.18 Å². The Labute approximate surface area is 190 Å². The van der Waals surface area contributed by atoms with E-state index in [0.29, 0.717) is 12.1 Å². The summed E-state index contributed by atoms with van der Waals surface area (Å²) in [5.74, 6) is -5.04. The molecule has 0 unspecified atom stereocenters. The maximum Gasteiger partial charge on any atom is 0.433 e. The lowest BCUT2D eigenvalue weighted by Gasteiger charge is -2.05. The van der Waals surface area contributed by atoms with Crippen molar-refractivity contribution < 1.29 is 31.1 Å². The van der Waals surface area contributed by atoms with Gasteiger partial charge in [0.15, 0.2) is 0 Å². The molecule has 5 rings (SSSR count). The Hall–Kier alpha value is -4.42. The number of carbonyl (C=O) groups is 1. The quantitative estimate of drug-likeness (QED) is 0.303. The van der Waals surface area contributed by atoms with E-state index in [9.17, 15) is 35.9 Å². The van der Waals surface area contributed by atoms with Crippen LogP contribution >= 0.6 is 0 Å². The highest BCUT2D eigenvalue weighted by Gasteiger charge is 2.33. The summed E-state index contributed by atoms with van der Waals surface area (Å²) in [6.45, 7) is -0.124. The van der Waals surface area contributed by atoms with E-state index in [0.717, 1.165) is 18.6 Å². The molecule has 0 atom stereocenters. The first-order valence-corrected chi connectivity index (χ1v) is 9.83. The van der Waals surface area contributed by atoms with E-state index in [-0.39, 0.29) is 34.4 Å². The van der Waals surface area contributed by atoms with Gasteiger partial charge in [0.1, 0.15) is 40.6 Å². The van der Waals surface area contributed by atoms with Gasteiger partial charge in [-0.05, 0) is 6.07 Å². The largest absolute Gasteiger partial charge is 0.433 e. The summed E-state index contributed by atoms with van der Waals surface area (Å²) < 4.78 is 82.4. The Bertz CT molecular complexity index is 1680. The van der Waals surface area contributed by atoms with Crippen molar-refractivity contribution in [3.8, 4) is 0 Å². The number of aromatic amines is 1. The van der Waals surface area contributed by atoms with E-state index < -0.39 is 46.2 Å². The van der Waals surface area contributed by atoms with Gasteiger partial charge in [-0.3, -0.25) is 14.0 Å². The molecular formula is C22H11F6N5O2. The normalized spacial score (nSPS) is 12.1. The minimum Gasteiger partial charge on any atom is -0.356 e. The van der Waals surface area contributed by atoms with E-state index in [1.807, 2.05) is 0 Å². The second-order valence-corrected chi connectivity index (χ2v) is 7.58. The summed E-state index contributed by atoms with van der Waals surface area (Å²) in [5, 5.41) is 0.0772. The van der Waals surface area contributed by atoms with Gasteiger partial charge in [-0.15, -0.1) is 0 Å². The number of hydrogen-bond donors (Lipinski definition) is 1. The van der Waals surface area contributed by atoms with Gasteiger partial charge in [-0.1, -0.05) is 0 Å². The number of nitrogens with one attached hydrogen (secondary N) is 1. The third kappa shape index (κ3) is 3.84. The molecule has 1 N–H and O–H groups in total. The van der Waals surface area contributed by atoms with Gasteiger partial charge in [0.25, 0.3) is 5.56 Å². The molecule has 4 heterocycles. The van der Waals surface area contributed by atoms with E-state index in [4.69, 9.17) is 0 Å². The molecule has 4 aromatic heterocycles. The SMILES string of the molecule is O=C(c1c(F)cc(F)cc1F)c1c[nH]c2c(=O)n(Cc3cn4cnc(C(F)(F)F)cc4n3)ccc12. The standard InChI is InChI=1S/C22H11F6N5O2/c23-10-3-14(24)18(15(25)4-10)20(34)13-6-29-19-12(13)1-2-32(21(19)35)7-11-8-33-9-30-16(22(26,27)28)5-17(33)31-11/h1-6,8-9,29H,7H2. The van der Waals surface area contributed by atoms with Crippen LogP contribution in [0.15, 0.2) is 54.0 Å². The first kappa shape index (κ1) is 22.4. The highest BCUT2D eigenvalue weighted by Crippen LogP contribution is 2.28. The number of hydrogen-bond acceptors (Lipinski definition) is 4. The van der Waals surface area contributed by atoms with Crippen molar-refractivity contribution in [3.05, 3.63) is 99.5 Å². The first-order chi connectivity index (χ1) is 16.5. The van der Waals surface area contributed by atoms with E-state index in [1.54, 1.807) is 0 Å². The molecule has 0 bridgehead atoms. The lowest BCUT2D eigenvalue weighted by molar-refractivity contribution is -0.141. The average molecular weight is 491 g/mol. The molecule has 0 saturated carbocycles. The summed E-state index contributed by atoms with van der Waals surface area (Å²) >= 11 is 0. The van der Waals surface area contributed by atoms with E-state index in [1.165, 1.54) is 27.4 Å². The fourth-order valence-corrected chi connectivity index (χ4v) is 3.72. The molecule has 0 aliphatic carbocycles. The number of carbonyl (C=O) groups excluding carboxylic acids is 1. The van der Waals surface area contributed by atoms with Crippen LogP contribution in [0.25, 0.3) is 16.6 Å². The van der Waals surface area contributed by atoms with Crippen molar-refractivity contribution in [2.75, 3.05) is 0 Å². The number of fused-ring (bicyclic) bond motifs is 2. The molecule has 0 fully saturated rings. The van der Waals surface area contributed by atoms with Gasteiger partial charge in [0, 0.05) is 47.7 Å². The van der Waals surface area contributed by atoms with Gasteiger partial charge in [-0.25, -0.2) is 23.1 Å². The molecule has 13 heteroatoms. The van der Waals surface area contributed by atoms with Crippen molar-refractivity contribution in [1.29, 1.82) is 0 Å². The fraction of sp³-hybridized carbons (Fsp3) is 0.0909. The van der Waals surface area contributed by atoms with Gasteiger partial charge in [0.05, 0.1) is 17.8 Å². The number of benzene rings is 1. The van der Waals surface area contributed by atoms with Crippen LogP contribution in [0.4, 0.5) is 26.3 Å². The molecule has 0 saturated heterocycles. The minimum absolute atomic E-state index is 0.0208. The van der Waals surface area contributed by atoms with Crippen LogP contribution in [0.3, 0.4) is 0 Å². The smallest absolute Gasteiger partial charge is 0.356 e.